The van der Waals surface area contributed by atoms with Crippen molar-refractivity contribution >= 4 is 27.6 Å². The number of nitrogens with zero attached hydrogens (tertiary/aromatic N) is 3. The largest absolute Gasteiger partial charge is 0.383 e. The number of nitrogens with one attached hydrogen (secondary N) is 1. The molecule has 0 spiro atoms. The van der Waals surface area contributed by atoms with Gasteiger partial charge in [-0.05, 0) is 41.7 Å². The predicted molar refractivity (Wildman–Crippen MR) is 75.4 cm³/mol. The lowest BCUT2D eigenvalue weighted by Gasteiger charge is -2.32. The second kappa shape index (κ2) is 5.01. The number of nitrogen functional groups attached to an aromatic ring is 1. The Labute approximate surface area is 115 Å². The zero-order valence-electron chi connectivity index (χ0n) is 10.3. The van der Waals surface area contributed by atoms with Crippen LogP contribution in [0.1, 0.15) is 25.7 Å². The monoisotopic (exact) mass is 311 g/mol. The van der Waals surface area contributed by atoms with Crippen molar-refractivity contribution in [2.45, 2.75) is 37.8 Å². The molecule has 98 valence electrons. The summed E-state index contributed by atoms with van der Waals surface area (Å²) < 4.78 is 0.777. The number of nitrogens with two attached hydrogens (primary N) is 1. The third kappa shape index (κ3) is 2.19. The summed E-state index contributed by atoms with van der Waals surface area (Å²) in [6, 6.07) is 1.14. The fraction of sp³-hybridized carbons (Fsp3) is 0.667. The van der Waals surface area contributed by atoms with Crippen LogP contribution < -0.4 is 11.1 Å². The van der Waals surface area contributed by atoms with Gasteiger partial charge in [-0.2, -0.15) is 0 Å². The van der Waals surface area contributed by atoms with E-state index in [1.54, 1.807) is 0 Å². The predicted octanol–water partition coefficient (Wildman–Crippen LogP) is 1.86. The van der Waals surface area contributed by atoms with Crippen LogP contribution >= 0.6 is 15.9 Å². The molecule has 5 nitrogen and oxygen atoms in total. The number of hydrogen-bond donors (Lipinski definition) is 2. The van der Waals surface area contributed by atoms with Gasteiger partial charge in [-0.25, -0.2) is 9.97 Å². The molecule has 2 atom stereocenters. The van der Waals surface area contributed by atoms with Crippen LogP contribution in [-0.4, -0.2) is 40.0 Å². The van der Waals surface area contributed by atoms with Gasteiger partial charge < -0.3 is 11.1 Å². The summed E-state index contributed by atoms with van der Waals surface area (Å²) in [6.07, 6.45) is 6.66. The standard InChI is InChI=1S/C12H18BrN5/c13-10-11(14)15-7-16-12(10)17-8-4-6-18-5-2-1-3-9(8)18/h7-9H,1-6H2,(H3,14,15,16,17). The highest BCUT2D eigenvalue weighted by Gasteiger charge is 2.35. The van der Waals surface area contributed by atoms with Gasteiger partial charge in [0, 0.05) is 18.6 Å². The number of hydrogen-bond acceptors (Lipinski definition) is 5. The van der Waals surface area contributed by atoms with E-state index in [9.17, 15) is 0 Å². The summed E-state index contributed by atoms with van der Waals surface area (Å²) in [5.41, 5.74) is 5.78. The van der Waals surface area contributed by atoms with Crippen molar-refractivity contribution in [3.8, 4) is 0 Å². The first-order valence-electron chi connectivity index (χ1n) is 6.52. The van der Waals surface area contributed by atoms with E-state index in [1.165, 1.54) is 45.1 Å². The molecule has 0 radical (unpaired) electrons. The van der Waals surface area contributed by atoms with Gasteiger partial charge in [0.1, 0.15) is 22.4 Å². The quantitative estimate of drug-likeness (QED) is 0.872. The molecule has 3 N–H and O–H groups in total. The summed E-state index contributed by atoms with van der Waals surface area (Å²) in [4.78, 5) is 10.8. The molecule has 1 aromatic rings. The van der Waals surface area contributed by atoms with Crippen LogP contribution in [0.5, 0.6) is 0 Å². The van der Waals surface area contributed by atoms with E-state index < -0.39 is 0 Å². The fourth-order valence-corrected chi connectivity index (χ4v) is 3.39. The molecule has 2 fully saturated rings. The number of halogens is 1. The third-order valence-corrected chi connectivity index (χ3v) is 4.78. The topological polar surface area (TPSA) is 67.1 Å². The highest BCUT2D eigenvalue weighted by atomic mass is 79.9. The molecule has 2 saturated heterocycles. The maximum absolute atomic E-state index is 5.78. The van der Waals surface area contributed by atoms with E-state index >= 15 is 0 Å². The number of rotatable bonds is 2. The molecular weight excluding hydrogens is 294 g/mol. The molecule has 0 bridgehead atoms. The Kier molecular flexibility index (Phi) is 3.39. The SMILES string of the molecule is Nc1ncnc(NC2CCN3CCCCC23)c1Br. The van der Waals surface area contributed by atoms with Crippen LogP contribution in [0.15, 0.2) is 10.8 Å². The molecule has 3 rings (SSSR count). The highest BCUT2D eigenvalue weighted by molar-refractivity contribution is 9.10. The van der Waals surface area contributed by atoms with Gasteiger partial charge >= 0.3 is 0 Å². The van der Waals surface area contributed by atoms with Crippen LogP contribution in [0, 0.1) is 0 Å². The van der Waals surface area contributed by atoms with Gasteiger partial charge in [0.2, 0.25) is 0 Å². The molecule has 0 amide bonds. The number of aromatic nitrogens is 2. The van der Waals surface area contributed by atoms with Gasteiger partial charge in [-0.1, -0.05) is 6.42 Å². The van der Waals surface area contributed by atoms with Crippen molar-refractivity contribution in [2.75, 3.05) is 24.1 Å². The lowest BCUT2D eigenvalue weighted by atomic mass is 9.99. The van der Waals surface area contributed by atoms with E-state index in [-0.39, 0.29) is 0 Å². The molecule has 18 heavy (non-hydrogen) atoms. The average Bonchev–Trinajstić information content (AvgIpc) is 2.79. The van der Waals surface area contributed by atoms with Crippen molar-refractivity contribution in [3.05, 3.63) is 10.8 Å². The minimum atomic E-state index is 0.482. The van der Waals surface area contributed by atoms with Gasteiger partial charge in [0.25, 0.3) is 0 Å². The van der Waals surface area contributed by atoms with Crippen LogP contribution in [0.2, 0.25) is 0 Å². The van der Waals surface area contributed by atoms with E-state index in [0.29, 0.717) is 17.9 Å². The van der Waals surface area contributed by atoms with Crippen molar-refractivity contribution in [1.82, 2.24) is 14.9 Å². The van der Waals surface area contributed by atoms with Crippen LogP contribution in [0.25, 0.3) is 0 Å². The van der Waals surface area contributed by atoms with Gasteiger partial charge in [-0.15, -0.1) is 0 Å². The summed E-state index contributed by atoms with van der Waals surface area (Å²) in [6.45, 7) is 2.44. The van der Waals surface area contributed by atoms with Crippen molar-refractivity contribution < 1.29 is 0 Å². The van der Waals surface area contributed by atoms with Crippen LogP contribution in [-0.2, 0) is 0 Å². The Morgan fingerprint density at radius 3 is 3.06 bits per heavy atom. The number of fused-ring (bicyclic) bond motifs is 1. The molecule has 2 unspecified atom stereocenters. The van der Waals surface area contributed by atoms with E-state index in [4.69, 9.17) is 5.73 Å². The number of anilines is 2. The van der Waals surface area contributed by atoms with E-state index in [2.05, 4.69) is 36.1 Å². The molecule has 0 saturated carbocycles. The maximum Gasteiger partial charge on any atom is 0.146 e. The zero-order chi connectivity index (χ0) is 12.5. The summed E-state index contributed by atoms with van der Waals surface area (Å²) >= 11 is 3.45. The first-order chi connectivity index (χ1) is 8.75. The molecule has 6 heteroatoms. The normalized spacial score (nSPS) is 28.1. The summed E-state index contributed by atoms with van der Waals surface area (Å²) in [5, 5.41) is 3.53. The smallest absolute Gasteiger partial charge is 0.146 e. The number of piperidine rings is 1. The average molecular weight is 312 g/mol. The Morgan fingerprint density at radius 1 is 1.28 bits per heavy atom. The highest BCUT2D eigenvalue weighted by Crippen LogP contribution is 2.31. The van der Waals surface area contributed by atoms with E-state index in [0.717, 1.165) is 10.3 Å². The molecule has 0 aliphatic carbocycles. The van der Waals surface area contributed by atoms with Crippen LogP contribution in [0.4, 0.5) is 11.6 Å². The second-order valence-electron chi connectivity index (χ2n) is 5.06. The maximum atomic E-state index is 5.78. The first-order valence-corrected chi connectivity index (χ1v) is 7.31. The minimum Gasteiger partial charge on any atom is -0.383 e. The Bertz CT molecular complexity index is 438. The van der Waals surface area contributed by atoms with Crippen molar-refractivity contribution in [2.24, 2.45) is 0 Å². The molecule has 0 aromatic carbocycles. The molecule has 2 aliphatic rings. The van der Waals surface area contributed by atoms with Gasteiger partial charge in [-0.3, -0.25) is 4.90 Å². The first kappa shape index (κ1) is 12.2. The summed E-state index contributed by atoms with van der Waals surface area (Å²) in [5.74, 6) is 1.31. The van der Waals surface area contributed by atoms with Gasteiger partial charge in [0.15, 0.2) is 0 Å². The zero-order valence-corrected chi connectivity index (χ0v) is 11.9. The van der Waals surface area contributed by atoms with Crippen molar-refractivity contribution in [3.63, 3.8) is 0 Å². The summed E-state index contributed by atoms with van der Waals surface area (Å²) in [7, 11) is 0. The Hall–Kier alpha value is -0.880. The Morgan fingerprint density at radius 2 is 2.17 bits per heavy atom. The molecular formula is C12H18BrN5. The van der Waals surface area contributed by atoms with E-state index in [1.807, 2.05) is 0 Å². The minimum absolute atomic E-state index is 0.482. The second-order valence-corrected chi connectivity index (χ2v) is 5.85. The fourth-order valence-electron chi connectivity index (χ4n) is 3.08. The third-order valence-electron chi connectivity index (χ3n) is 3.99. The molecule has 2 aliphatic heterocycles. The lowest BCUT2D eigenvalue weighted by Crippen LogP contribution is -2.41. The molecule has 3 heterocycles. The Balaban J connectivity index is 1.74. The van der Waals surface area contributed by atoms with Crippen LogP contribution in [0.3, 0.4) is 0 Å². The lowest BCUT2D eigenvalue weighted by molar-refractivity contribution is 0.192. The van der Waals surface area contributed by atoms with Gasteiger partial charge in [0.05, 0.1) is 0 Å². The van der Waals surface area contributed by atoms with Crippen molar-refractivity contribution in [1.29, 1.82) is 0 Å². The molecule has 1 aromatic heterocycles.